The predicted molar refractivity (Wildman–Crippen MR) is 77.3 cm³/mol. The highest BCUT2D eigenvalue weighted by atomic mass is 16.4. The van der Waals surface area contributed by atoms with Crippen molar-refractivity contribution >= 4 is 11.9 Å². The molecule has 1 unspecified atom stereocenters. The van der Waals surface area contributed by atoms with Gasteiger partial charge in [-0.2, -0.15) is 0 Å². The number of amides is 1. The Labute approximate surface area is 121 Å². The zero-order chi connectivity index (χ0) is 14.6. The van der Waals surface area contributed by atoms with Crippen molar-refractivity contribution in [3.8, 4) is 0 Å². The molecule has 2 fully saturated rings. The maximum absolute atomic E-state index is 12.1. The summed E-state index contributed by atoms with van der Waals surface area (Å²) < 4.78 is 0. The molecule has 0 aromatic rings. The maximum atomic E-state index is 12.1. The normalized spacial score (nSPS) is 23.6. The first-order valence-electron chi connectivity index (χ1n) is 8.04. The predicted octanol–water partition coefficient (Wildman–Crippen LogP) is 2.96. The van der Waals surface area contributed by atoms with E-state index in [1.54, 1.807) is 0 Å². The number of carboxylic acids is 1. The lowest BCUT2D eigenvalue weighted by atomic mass is 9.77. The molecule has 0 bridgehead atoms. The third-order valence-corrected chi connectivity index (χ3v) is 5.06. The number of hydrogen-bond donors (Lipinski definition) is 2. The summed E-state index contributed by atoms with van der Waals surface area (Å²) in [5.74, 6) is 0.419. The van der Waals surface area contributed by atoms with Crippen molar-refractivity contribution < 1.29 is 14.7 Å². The van der Waals surface area contributed by atoms with Crippen LogP contribution in [-0.4, -0.2) is 23.5 Å². The lowest BCUT2D eigenvalue weighted by Gasteiger charge is -2.27. The van der Waals surface area contributed by atoms with Crippen molar-refractivity contribution in [1.82, 2.24) is 5.32 Å². The molecule has 0 heterocycles. The van der Waals surface area contributed by atoms with Gasteiger partial charge in [0.05, 0.1) is 5.41 Å². The summed E-state index contributed by atoms with van der Waals surface area (Å²) in [6.07, 6.45) is 8.04. The molecule has 0 radical (unpaired) electrons. The minimum absolute atomic E-state index is 0.0817. The van der Waals surface area contributed by atoms with Crippen molar-refractivity contribution in [2.45, 2.75) is 64.7 Å². The van der Waals surface area contributed by atoms with Crippen LogP contribution in [0.2, 0.25) is 0 Å². The average molecular weight is 281 g/mol. The standard InChI is InChI=1S/C16H27NO3/c1-12(13-6-7-13)11-17-14(18)10-16(15(19)20)8-4-2-3-5-9-16/h12-13H,2-11H2,1H3,(H,17,18)(H,19,20). The Hall–Kier alpha value is -1.06. The molecule has 4 heteroatoms. The summed E-state index contributed by atoms with van der Waals surface area (Å²) >= 11 is 0. The van der Waals surface area contributed by atoms with Crippen LogP contribution in [0.4, 0.5) is 0 Å². The number of carbonyl (C=O) groups is 2. The third-order valence-electron chi connectivity index (χ3n) is 5.06. The van der Waals surface area contributed by atoms with Gasteiger partial charge in [0, 0.05) is 13.0 Å². The van der Waals surface area contributed by atoms with Crippen molar-refractivity contribution in [2.75, 3.05) is 6.54 Å². The first kappa shape index (κ1) is 15.3. The smallest absolute Gasteiger partial charge is 0.310 e. The first-order valence-corrected chi connectivity index (χ1v) is 8.04. The maximum Gasteiger partial charge on any atom is 0.310 e. The molecular formula is C16H27NO3. The molecule has 2 aliphatic carbocycles. The second kappa shape index (κ2) is 6.59. The van der Waals surface area contributed by atoms with E-state index in [0.717, 1.165) is 31.6 Å². The highest BCUT2D eigenvalue weighted by Gasteiger charge is 2.40. The van der Waals surface area contributed by atoms with Gasteiger partial charge in [0.2, 0.25) is 5.91 Å². The molecule has 0 aromatic heterocycles. The van der Waals surface area contributed by atoms with Gasteiger partial charge >= 0.3 is 5.97 Å². The fraction of sp³-hybridized carbons (Fsp3) is 0.875. The molecule has 2 saturated carbocycles. The van der Waals surface area contributed by atoms with Gasteiger partial charge in [-0.3, -0.25) is 9.59 Å². The Bertz CT molecular complexity index is 355. The Kier molecular flexibility index (Phi) is 5.06. The van der Waals surface area contributed by atoms with Crippen molar-refractivity contribution in [2.24, 2.45) is 17.3 Å². The monoisotopic (exact) mass is 281 g/mol. The Morgan fingerprint density at radius 3 is 2.30 bits per heavy atom. The molecule has 1 amide bonds. The molecule has 114 valence electrons. The largest absolute Gasteiger partial charge is 0.481 e. The van der Waals surface area contributed by atoms with Crippen LogP contribution in [0.1, 0.15) is 64.7 Å². The first-order chi connectivity index (χ1) is 9.53. The van der Waals surface area contributed by atoms with E-state index >= 15 is 0 Å². The third kappa shape index (κ3) is 3.97. The van der Waals surface area contributed by atoms with Crippen molar-refractivity contribution in [1.29, 1.82) is 0 Å². The van der Waals surface area contributed by atoms with E-state index in [1.807, 2.05) is 0 Å². The highest BCUT2D eigenvalue weighted by molar-refractivity contribution is 5.85. The van der Waals surface area contributed by atoms with Crippen LogP contribution in [0.25, 0.3) is 0 Å². The number of rotatable bonds is 6. The zero-order valence-corrected chi connectivity index (χ0v) is 12.5. The summed E-state index contributed by atoms with van der Waals surface area (Å²) in [5, 5.41) is 12.5. The Balaban J connectivity index is 1.86. The average Bonchev–Trinajstić information content (AvgIpc) is 3.23. The van der Waals surface area contributed by atoms with Gasteiger partial charge < -0.3 is 10.4 Å². The van der Waals surface area contributed by atoms with Crippen LogP contribution >= 0.6 is 0 Å². The molecule has 2 aliphatic rings. The van der Waals surface area contributed by atoms with Gasteiger partial charge in [0.25, 0.3) is 0 Å². The number of aliphatic carboxylic acids is 1. The Morgan fingerprint density at radius 2 is 1.80 bits per heavy atom. The van der Waals surface area contributed by atoms with Gasteiger partial charge in [-0.05, 0) is 37.5 Å². The molecule has 2 rings (SSSR count). The SMILES string of the molecule is CC(CNC(=O)CC1(C(=O)O)CCCCCC1)C1CC1. The van der Waals surface area contributed by atoms with Gasteiger partial charge in [0.15, 0.2) is 0 Å². The minimum atomic E-state index is -0.816. The number of nitrogens with one attached hydrogen (secondary N) is 1. The van der Waals surface area contributed by atoms with Gasteiger partial charge in [-0.15, -0.1) is 0 Å². The summed E-state index contributed by atoms with van der Waals surface area (Å²) in [4.78, 5) is 23.7. The topological polar surface area (TPSA) is 66.4 Å². The molecule has 2 N–H and O–H groups in total. The van der Waals surface area contributed by atoms with Gasteiger partial charge in [0.1, 0.15) is 0 Å². The molecule has 0 aromatic carbocycles. The van der Waals surface area contributed by atoms with Gasteiger partial charge in [-0.1, -0.05) is 32.6 Å². The molecule has 0 spiro atoms. The van der Waals surface area contributed by atoms with E-state index in [4.69, 9.17) is 0 Å². The molecule has 4 nitrogen and oxygen atoms in total. The van der Waals surface area contributed by atoms with Crippen LogP contribution < -0.4 is 5.32 Å². The van der Waals surface area contributed by atoms with Crippen LogP contribution in [0.3, 0.4) is 0 Å². The number of hydrogen-bond acceptors (Lipinski definition) is 2. The number of carbonyl (C=O) groups excluding carboxylic acids is 1. The van der Waals surface area contributed by atoms with Crippen molar-refractivity contribution in [3.05, 3.63) is 0 Å². The van der Waals surface area contributed by atoms with Gasteiger partial charge in [-0.25, -0.2) is 0 Å². The van der Waals surface area contributed by atoms with Crippen LogP contribution in [-0.2, 0) is 9.59 Å². The zero-order valence-electron chi connectivity index (χ0n) is 12.5. The summed E-state index contributed by atoms with van der Waals surface area (Å²) in [7, 11) is 0. The van der Waals surface area contributed by atoms with Crippen molar-refractivity contribution in [3.63, 3.8) is 0 Å². The lowest BCUT2D eigenvalue weighted by molar-refractivity contribution is -0.152. The van der Waals surface area contributed by atoms with Crippen LogP contribution in [0.15, 0.2) is 0 Å². The lowest BCUT2D eigenvalue weighted by Crippen LogP contribution is -2.38. The highest BCUT2D eigenvalue weighted by Crippen LogP contribution is 2.39. The molecule has 1 atom stereocenters. The van der Waals surface area contributed by atoms with E-state index in [9.17, 15) is 14.7 Å². The summed E-state index contributed by atoms with van der Waals surface area (Å²) in [6.45, 7) is 2.86. The quantitative estimate of drug-likeness (QED) is 0.736. The van der Waals surface area contributed by atoms with E-state index < -0.39 is 11.4 Å². The van der Waals surface area contributed by atoms with E-state index in [0.29, 0.717) is 25.3 Å². The molecule has 0 aliphatic heterocycles. The second-order valence-corrected chi connectivity index (χ2v) is 6.80. The summed E-state index contributed by atoms with van der Waals surface area (Å²) in [5.41, 5.74) is -0.816. The molecule has 0 saturated heterocycles. The van der Waals surface area contributed by atoms with Crippen LogP contribution in [0, 0.1) is 17.3 Å². The van der Waals surface area contributed by atoms with E-state index in [2.05, 4.69) is 12.2 Å². The molecular weight excluding hydrogens is 254 g/mol. The van der Waals surface area contributed by atoms with Crippen LogP contribution in [0.5, 0.6) is 0 Å². The number of carboxylic acid groups (broad SMARTS) is 1. The fourth-order valence-corrected chi connectivity index (χ4v) is 3.35. The van der Waals surface area contributed by atoms with E-state index in [1.165, 1.54) is 12.8 Å². The summed E-state index contributed by atoms with van der Waals surface area (Å²) in [6, 6.07) is 0. The molecule has 20 heavy (non-hydrogen) atoms. The fourth-order valence-electron chi connectivity index (χ4n) is 3.35. The minimum Gasteiger partial charge on any atom is -0.481 e. The Morgan fingerprint density at radius 1 is 1.20 bits per heavy atom. The second-order valence-electron chi connectivity index (χ2n) is 6.80. The van der Waals surface area contributed by atoms with E-state index in [-0.39, 0.29) is 12.3 Å².